The molecule has 26 heavy (non-hydrogen) atoms. The zero-order valence-electron chi connectivity index (χ0n) is 14.6. The van der Waals surface area contributed by atoms with Crippen molar-refractivity contribution in [3.05, 3.63) is 64.1 Å². The first-order valence-corrected chi connectivity index (χ1v) is 9.47. The number of rotatable bonds is 6. The maximum absolute atomic E-state index is 11.8. The first-order chi connectivity index (χ1) is 12.5. The number of hydrogen-bond donors (Lipinski definition) is 1. The van der Waals surface area contributed by atoms with Crippen LogP contribution in [0.25, 0.3) is 6.08 Å². The normalized spacial score (nSPS) is 15.2. The summed E-state index contributed by atoms with van der Waals surface area (Å²) in [4.78, 5) is 12.4. The molecule has 1 aliphatic rings. The number of aryl methyl sites for hydroxylation is 1. The number of carbonyl (C=O) groups excluding carboxylic acids is 1. The van der Waals surface area contributed by atoms with E-state index in [4.69, 9.17) is 21.7 Å². The summed E-state index contributed by atoms with van der Waals surface area (Å²) in [5, 5.41) is 2.61. The van der Waals surface area contributed by atoms with Gasteiger partial charge in [-0.3, -0.25) is 4.79 Å². The zero-order chi connectivity index (χ0) is 18.5. The minimum Gasteiger partial charge on any atom is -0.490 e. The van der Waals surface area contributed by atoms with E-state index in [-0.39, 0.29) is 5.91 Å². The second-order valence-corrected chi connectivity index (χ2v) is 7.48. The van der Waals surface area contributed by atoms with Crippen LogP contribution in [0, 0.1) is 6.92 Å². The van der Waals surface area contributed by atoms with E-state index in [2.05, 4.69) is 24.4 Å². The predicted molar refractivity (Wildman–Crippen MR) is 109 cm³/mol. The summed E-state index contributed by atoms with van der Waals surface area (Å²) < 4.78 is 12.1. The second-order valence-electron chi connectivity index (χ2n) is 5.77. The molecule has 0 spiro atoms. The van der Waals surface area contributed by atoms with E-state index in [9.17, 15) is 4.79 Å². The maximum atomic E-state index is 11.8. The van der Waals surface area contributed by atoms with E-state index >= 15 is 0 Å². The van der Waals surface area contributed by atoms with Crippen LogP contribution in [-0.4, -0.2) is 16.8 Å². The molecule has 2 aromatic carbocycles. The molecule has 1 fully saturated rings. The summed E-state index contributed by atoms with van der Waals surface area (Å²) in [7, 11) is 0. The van der Waals surface area contributed by atoms with Gasteiger partial charge in [-0.1, -0.05) is 59.9 Å². The lowest BCUT2D eigenvalue weighted by Crippen LogP contribution is -2.17. The number of amides is 1. The third-order valence-corrected chi connectivity index (χ3v) is 4.89. The Balaban J connectivity index is 1.78. The number of benzene rings is 2. The summed E-state index contributed by atoms with van der Waals surface area (Å²) in [6.45, 7) is 4.97. The second kappa shape index (κ2) is 8.38. The van der Waals surface area contributed by atoms with E-state index in [1.807, 2.05) is 37.3 Å². The lowest BCUT2D eigenvalue weighted by molar-refractivity contribution is -0.115. The van der Waals surface area contributed by atoms with Crippen molar-refractivity contribution in [3.8, 4) is 11.5 Å². The molecule has 3 rings (SSSR count). The maximum Gasteiger partial charge on any atom is 0.263 e. The Bertz CT molecular complexity index is 860. The summed E-state index contributed by atoms with van der Waals surface area (Å²) in [5.41, 5.74) is 3.17. The van der Waals surface area contributed by atoms with Gasteiger partial charge in [0.15, 0.2) is 11.5 Å². The van der Waals surface area contributed by atoms with Crippen molar-refractivity contribution < 1.29 is 14.3 Å². The number of ether oxygens (including phenoxy) is 2. The van der Waals surface area contributed by atoms with Gasteiger partial charge < -0.3 is 14.8 Å². The fourth-order valence-corrected chi connectivity index (χ4v) is 3.46. The Morgan fingerprint density at radius 1 is 1.12 bits per heavy atom. The van der Waals surface area contributed by atoms with Crippen LogP contribution in [0.1, 0.15) is 23.6 Å². The Kier molecular flexibility index (Phi) is 5.96. The van der Waals surface area contributed by atoms with Crippen molar-refractivity contribution in [1.29, 1.82) is 0 Å². The first kappa shape index (κ1) is 18.5. The molecule has 0 radical (unpaired) electrons. The average Bonchev–Trinajstić information content (AvgIpc) is 2.93. The van der Waals surface area contributed by atoms with Crippen molar-refractivity contribution in [2.45, 2.75) is 20.5 Å². The van der Waals surface area contributed by atoms with Gasteiger partial charge in [0, 0.05) is 0 Å². The fourth-order valence-electron chi connectivity index (χ4n) is 2.42. The van der Waals surface area contributed by atoms with Crippen LogP contribution < -0.4 is 14.8 Å². The van der Waals surface area contributed by atoms with E-state index in [0.717, 1.165) is 11.1 Å². The van der Waals surface area contributed by atoms with Gasteiger partial charge in [0.05, 0.1) is 11.5 Å². The van der Waals surface area contributed by atoms with Gasteiger partial charge in [-0.15, -0.1) is 0 Å². The van der Waals surface area contributed by atoms with Gasteiger partial charge in [-0.05, 0) is 43.2 Å². The zero-order valence-corrected chi connectivity index (χ0v) is 16.2. The molecule has 0 aliphatic carbocycles. The van der Waals surface area contributed by atoms with Gasteiger partial charge >= 0.3 is 0 Å². The molecule has 1 heterocycles. The van der Waals surface area contributed by atoms with Crippen molar-refractivity contribution >= 4 is 40.3 Å². The van der Waals surface area contributed by atoms with E-state index in [1.165, 1.54) is 17.3 Å². The van der Waals surface area contributed by atoms with Crippen LogP contribution in [0.3, 0.4) is 0 Å². The number of carbonyl (C=O) groups is 1. The third-order valence-electron chi connectivity index (χ3n) is 3.72. The number of nitrogens with one attached hydrogen (secondary N) is 1. The molecule has 0 bridgehead atoms. The van der Waals surface area contributed by atoms with Crippen molar-refractivity contribution in [2.24, 2.45) is 0 Å². The number of thioether (sulfide) groups is 1. The quantitative estimate of drug-likeness (QED) is 0.588. The largest absolute Gasteiger partial charge is 0.490 e. The van der Waals surface area contributed by atoms with E-state index in [1.54, 1.807) is 6.08 Å². The van der Waals surface area contributed by atoms with Crippen LogP contribution in [0.4, 0.5) is 0 Å². The minimum atomic E-state index is -0.169. The minimum absolute atomic E-state index is 0.169. The Labute approximate surface area is 162 Å². The molecule has 2 aromatic rings. The topological polar surface area (TPSA) is 47.6 Å². The molecular formula is C20H19NO3S2. The molecule has 0 saturated carbocycles. The van der Waals surface area contributed by atoms with Crippen LogP contribution in [0.5, 0.6) is 11.5 Å². The Hall–Kier alpha value is -2.31. The molecule has 4 nitrogen and oxygen atoms in total. The smallest absolute Gasteiger partial charge is 0.263 e. The molecule has 1 aliphatic heterocycles. The molecule has 134 valence electrons. The lowest BCUT2D eigenvalue weighted by atomic mass is 10.1. The Morgan fingerprint density at radius 2 is 1.88 bits per heavy atom. The third kappa shape index (κ3) is 4.65. The van der Waals surface area contributed by atoms with Crippen LogP contribution >= 0.6 is 24.0 Å². The first-order valence-electron chi connectivity index (χ1n) is 8.25. The van der Waals surface area contributed by atoms with Crippen LogP contribution in [0.2, 0.25) is 0 Å². The Morgan fingerprint density at radius 3 is 2.54 bits per heavy atom. The average molecular weight is 386 g/mol. The van der Waals surface area contributed by atoms with Gasteiger partial charge in [0.25, 0.3) is 5.91 Å². The molecule has 0 aromatic heterocycles. The van der Waals surface area contributed by atoms with Gasteiger partial charge in [-0.2, -0.15) is 0 Å². The van der Waals surface area contributed by atoms with E-state index in [0.29, 0.717) is 33.9 Å². The SMILES string of the molecule is CCOc1cc(/C=C2\SC(=S)NC2=O)ccc1OCc1ccc(C)cc1. The number of hydrogen-bond acceptors (Lipinski definition) is 5. The molecule has 0 atom stereocenters. The summed E-state index contributed by atoms with van der Waals surface area (Å²) in [6, 6.07) is 13.9. The highest BCUT2D eigenvalue weighted by Gasteiger charge is 2.22. The van der Waals surface area contributed by atoms with E-state index < -0.39 is 0 Å². The summed E-state index contributed by atoms with van der Waals surface area (Å²) in [5.74, 6) is 1.16. The highest BCUT2D eigenvalue weighted by Crippen LogP contribution is 2.32. The monoisotopic (exact) mass is 385 g/mol. The molecular weight excluding hydrogens is 366 g/mol. The predicted octanol–water partition coefficient (Wildman–Crippen LogP) is 4.46. The lowest BCUT2D eigenvalue weighted by Gasteiger charge is -2.13. The fraction of sp³-hybridized carbons (Fsp3) is 0.200. The molecule has 1 amide bonds. The highest BCUT2D eigenvalue weighted by molar-refractivity contribution is 8.26. The van der Waals surface area contributed by atoms with Crippen LogP contribution in [0.15, 0.2) is 47.4 Å². The van der Waals surface area contributed by atoms with Gasteiger partial charge in [0.1, 0.15) is 10.9 Å². The van der Waals surface area contributed by atoms with Gasteiger partial charge in [-0.25, -0.2) is 0 Å². The highest BCUT2D eigenvalue weighted by atomic mass is 32.2. The van der Waals surface area contributed by atoms with Crippen molar-refractivity contribution in [1.82, 2.24) is 5.32 Å². The molecule has 1 N–H and O–H groups in total. The van der Waals surface area contributed by atoms with Crippen LogP contribution in [-0.2, 0) is 11.4 Å². The van der Waals surface area contributed by atoms with Crippen molar-refractivity contribution in [2.75, 3.05) is 6.61 Å². The molecule has 1 saturated heterocycles. The summed E-state index contributed by atoms with van der Waals surface area (Å²) in [6.07, 6.45) is 1.80. The number of thiocarbonyl (C=S) groups is 1. The van der Waals surface area contributed by atoms with Crippen molar-refractivity contribution in [3.63, 3.8) is 0 Å². The molecule has 0 unspecified atom stereocenters. The standard InChI is InChI=1S/C20H19NO3S2/c1-3-23-17-10-15(11-18-19(22)21-20(25)26-18)8-9-16(17)24-12-14-6-4-13(2)5-7-14/h4-11H,3,12H2,1-2H3,(H,21,22,25)/b18-11-. The summed E-state index contributed by atoms with van der Waals surface area (Å²) >= 11 is 6.27. The van der Waals surface area contributed by atoms with Gasteiger partial charge in [0.2, 0.25) is 0 Å². The molecule has 6 heteroatoms.